The van der Waals surface area contributed by atoms with Crippen LogP contribution in [0, 0.1) is 0 Å². The Labute approximate surface area is 100 Å². The Bertz CT molecular complexity index is 565. The third kappa shape index (κ3) is 2.12. The van der Waals surface area contributed by atoms with Gasteiger partial charge < -0.3 is 4.74 Å². The standard InChI is InChI=1S/C11H13NO4S/c1-16-8-3-4-10-9(7-8)11(13)5-6-12(10)17(2,14)15/h3-4,7H,5-6H2,1-2H3. The van der Waals surface area contributed by atoms with E-state index in [1.54, 1.807) is 18.2 Å². The van der Waals surface area contributed by atoms with Crippen LogP contribution in [0.3, 0.4) is 0 Å². The monoisotopic (exact) mass is 255 g/mol. The number of ether oxygens (including phenoxy) is 1. The Morgan fingerprint density at radius 3 is 2.65 bits per heavy atom. The van der Waals surface area contributed by atoms with E-state index in [4.69, 9.17) is 4.74 Å². The zero-order valence-corrected chi connectivity index (χ0v) is 10.5. The highest BCUT2D eigenvalue weighted by molar-refractivity contribution is 7.92. The maximum Gasteiger partial charge on any atom is 0.232 e. The van der Waals surface area contributed by atoms with Gasteiger partial charge >= 0.3 is 0 Å². The number of carbonyl (C=O) groups is 1. The topological polar surface area (TPSA) is 63.7 Å². The van der Waals surface area contributed by atoms with Crippen molar-refractivity contribution in [2.45, 2.75) is 6.42 Å². The summed E-state index contributed by atoms with van der Waals surface area (Å²) in [6.45, 7) is 0.205. The summed E-state index contributed by atoms with van der Waals surface area (Å²) in [7, 11) is -1.84. The molecule has 1 aliphatic heterocycles. The lowest BCUT2D eigenvalue weighted by Crippen LogP contribution is -2.36. The van der Waals surface area contributed by atoms with Crippen LogP contribution in [0.5, 0.6) is 5.75 Å². The molecule has 1 aromatic rings. The lowest BCUT2D eigenvalue weighted by molar-refractivity contribution is 0.0981. The summed E-state index contributed by atoms with van der Waals surface area (Å²) < 4.78 is 29.5. The minimum absolute atomic E-state index is 0.0567. The highest BCUT2D eigenvalue weighted by Gasteiger charge is 2.28. The Balaban J connectivity index is 2.58. The second-order valence-corrected chi connectivity index (χ2v) is 5.80. The van der Waals surface area contributed by atoms with Gasteiger partial charge in [-0.25, -0.2) is 8.42 Å². The van der Waals surface area contributed by atoms with Crippen LogP contribution in [0.15, 0.2) is 18.2 Å². The minimum Gasteiger partial charge on any atom is -0.497 e. The van der Waals surface area contributed by atoms with E-state index in [1.165, 1.54) is 11.4 Å². The Kier molecular flexibility index (Phi) is 2.82. The van der Waals surface area contributed by atoms with Crippen molar-refractivity contribution in [3.05, 3.63) is 23.8 Å². The minimum atomic E-state index is -3.34. The highest BCUT2D eigenvalue weighted by Crippen LogP contribution is 2.31. The second kappa shape index (κ2) is 4.03. The number of nitrogens with zero attached hydrogens (tertiary/aromatic N) is 1. The van der Waals surface area contributed by atoms with Gasteiger partial charge in [-0.1, -0.05) is 0 Å². The van der Waals surface area contributed by atoms with E-state index in [-0.39, 0.29) is 18.7 Å². The summed E-state index contributed by atoms with van der Waals surface area (Å²) in [5, 5.41) is 0. The SMILES string of the molecule is COc1ccc2c(c1)C(=O)CCN2S(C)(=O)=O. The average Bonchev–Trinajstić information content (AvgIpc) is 2.27. The van der Waals surface area contributed by atoms with Gasteiger partial charge in [-0.15, -0.1) is 0 Å². The Hall–Kier alpha value is -1.56. The molecule has 92 valence electrons. The number of Topliss-reactive ketones (excluding diaryl/α,β-unsaturated/α-hetero) is 1. The summed E-state index contributed by atoms with van der Waals surface area (Å²) >= 11 is 0. The molecule has 0 atom stereocenters. The summed E-state index contributed by atoms with van der Waals surface area (Å²) in [6, 6.07) is 4.83. The third-order valence-electron chi connectivity index (χ3n) is 2.72. The molecule has 0 aliphatic carbocycles. The van der Waals surface area contributed by atoms with Gasteiger partial charge in [0.1, 0.15) is 5.75 Å². The van der Waals surface area contributed by atoms with Crippen molar-refractivity contribution in [2.24, 2.45) is 0 Å². The van der Waals surface area contributed by atoms with Crippen LogP contribution in [-0.4, -0.2) is 34.1 Å². The first-order chi connectivity index (χ1) is 7.93. The normalized spacial score (nSPS) is 15.6. The number of fused-ring (bicyclic) bond motifs is 1. The van der Waals surface area contributed by atoms with E-state index in [0.29, 0.717) is 17.0 Å². The van der Waals surface area contributed by atoms with Gasteiger partial charge in [0, 0.05) is 18.5 Å². The number of sulfonamides is 1. The van der Waals surface area contributed by atoms with Gasteiger partial charge in [-0.3, -0.25) is 9.10 Å². The van der Waals surface area contributed by atoms with Gasteiger partial charge in [0.05, 0.1) is 19.1 Å². The lowest BCUT2D eigenvalue weighted by Gasteiger charge is -2.28. The molecule has 0 aromatic heterocycles. The first-order valence-electron chi connectivity index (χ1n) is 5.12. The lowest BCUT2D eigenvalue weighted by atomic mass is 10.0. The zero-order valence-electron chi connectivity index (χ0n) is 9.63. The smallest absolute Gasteiger partial charge is 0.232 e. The van der Waals surface area contributed by atoms with Crippen LogP contribution in [0.25, 0.3) is 0 Å². The van der Waals surface area contributed by atoms with Crippen LogP contribution < -0.4 is 9.04 Å². The van der Waals surface area contributed by atoms with E-state index in [9.17, 15) is 13.2 Å². The van der Waals surface area contributed by atoms with Crippen molar-refractivity contribution in [1.82, 2.24) is 0 Å². The van der Waals surface area contributed by atoms with E-state index in [2.05, 4.69) is 0 Å². The predicted octanol–water partition coefficient (Wildman–Crippen LogP) is 1.05. The number of anilines is 1. The van der Waals surface area contributed by atoms with Crippen molar-refractivity contribution < 1.29 is 17.9 Å². The highest BCUT2D eigenvalue weighted by atomic mass is 32.2. The third-order valence-corrected chi connectivity index (χ3v) is 3.90. The zero-order chi connectivity index (χ0) is 12.6. The molecule has 0 bridgehead atoms. The molecule has 0 N–H and O–H groups in total. The van der Waals surface area contributed by atoms with Crippen LogP contribution >= 0.6 is 0 Å². The first-order valence-corrected chi connectivity index (χ1v) is 6.97. The summed E-state index contributed by atoms with van der Waals surface area (Å²) in [6.07, 6.45) is 1.34. The molecule has 0 spiro atoms. The number of carbonyl (C=O) groups excluding carboxylic acids is 1. The van der Waals surface area contributed by atoms with Crippen molar-refractivity contribution in [1.29, 1.82) is 0 Å². The largest absolute Gasteiger partial charge is 0.497 e. The fraction of sp³-hybridized carbons (Fsp3) is 0.364. The first kappa shape index (κ1) is 11.9. The molecule has 0 saturated heterocycles. The van der Waals surface area contributed by atoms with E-state index in [0.717, 1.165) is 6.26 Å². The molecular weight excluding hydrogens is 242 g/mol. The average molecular weight is 255 g/mol. The summed E-state index contributed by atoms with van der Waals surface area (Å²) in [5.41, 5.74) is 0.838. The molecule has 1 aliphatic rings. The van der Waals surface area contributed by atoms with Gasteiger partial charge in [0.2, 0.25) is 10.0 Å². The van der Waals surface area contributed by atoms with Crippen molar-refractivity contribution in [2.75, 3.05) is 24.2 Å². The Morgan fingerprint density at radius 1 is 1.35 bits per heavy atom. The number of ketones is 1. The van der Waals surface area contributed by atoms with E-state index >= 15 is 0 Å². The molecule has 0 fully saturated rings. The number of hydrogen-bond acceptors (Lipinski definition) is 4. The van der Waals surface area contributed by atoms with Crippen molar-refractivity contribution in [3.63, 3.8) is 0 Å². The predicted molar refractivity (Wildman–Crippen MR) is 64.1 cm³/mol. The maximum absolute atomic E-state index is 11.7. The molecule has 0 radical (unpaired) electrons. The Morgan fingerprint density at radius 2 is 2.06 bits per heavy atom. The van der Waals surface area contributed by atoms with Gasteiger partial charge in [0.15, 0.2) is 5.78 Å². The van der Waals surface area contributed by atoms with Gasteiger partial charge in [-0.2, -0.15) is 0 Å². The summed E-state index contributed by atoms with van der Waals surface area (Å²) in [5.74, 6) is 0.492. The van der Waals surface area contributed by atoms with Crippen molar-refractivity contribution in [3.8, 4) is 5.75 Å². The molecule has 1 aromatic carbocycles. The van der Waals surface area contributed by atoms with Gasteiger partial charge in [-0.05, 0) is 18.2 Å². The van der Waals surface area contributed by atoms with Crippen LogP contribution in [-0.2, 0) is 10.0 Å². The summed E-state index contributed by atoms with van der Waals surface area (Å²) in [4.78, 5) is 11.7. The molecule has 6 heteroatoms. The molecule has 0 saturated carbocycles. The van der Waals surface area contributed by atoms with Crippen LogP contribution in [0.4, 0.5) is 5.69 Å². The van der Waals surface area contributed by atoms with E-state index in [1.807, 2.05) is 0 Å². The number of rotatable bonds is 2. The molecule has 1 heterocycles. The van der Waals surface area contributed by atoms with Crippen molar-refractivity contribution >= 4 is 21.5 Å². The van der Waals surface area contributed by atoms with E-state index < -0.39 is 10.0 Å². The second-order valence-electron chi connectivity index (χ2n) is 3.89. The molecular formula is C11H13NO4S. The maximum atomic E-state index is 11.7. The number of methoxy groups -OCH3 is 1. The fourth-order valence-corrected chi connectivity index (χ4v) is 2.83. The molecule has 0 amide bonds. The molecule has 0 unspecified atom stereocenters. The van der Waals surface area contributed by atoms with Gasteiger partial charge in [0.25, 0.3) is 0 Å². The molecule has 5 nitrogen and oxygen atoms in total. The number of hydrogen-bond donors (Lipinski definition) is 0. The molecule has 2 rings (SSSR count). The quantitative estimate of drug-likeness (QED) is 0.792. The fourth-order valence-electron chi connectivity index (χ4n) is 1.89. The molecule has 17 heavy (non-hydrogen) atoms. The van der Waals surface area contributed by atoms with Crippen LogP contribution in [0.2, 0.25) is 0 Å². The number of benzene rings is 1. The van der Waals surface area contributed by atoms with Crippen LogP contribution in [0.1, 0.15) is 16.8 Å².